The number of esters is 1. The largest absolute Gasteiger partial charge is 0.496 e. The fourth-order valence-corrected chi connectivity index (χ4v) is 3.81. The topological polar surface area (TPSA) is 102 Å². The highest BCUT2D eigenvalue weighted by molar-refractivity contribution is 9.10. The fraction of sp³-hybridized carbons (Fsp3) is 0.333. The van der Waals surface area contributed by atoms with Crippen molar-refractivity contribution in [1.29, 1.82) is 0 Å². The van der Waals surface area contributed by atoms with Crippen molar-refractivity contribution in [2.24, 2.45) is 0 Å². The lowest BCUT2D eigenvalue weighted by Crippen LogP contribution is -2.49. The fourth-order valence-electron chi connectivity index (χ4n) is 3.45. The first-order valence-corrected chi connectivity index (χ1v) is 10.5. The van der Waals surface area contributed by atoms with Crippen molar-refractivity contribution in [3.63, 3.8) is 0 Å². The number of methoxy groups -OCH3 is 1. The third-order valence-corrected chi connectivity index (χ3v) is 5.48. The number of nitrogens with zero attached hydrogens (tertiary/aromatic N) is 3. The van der Waals surface area contributed by atoms with Gasteiger partial charge in [0, 0.05) is 36.7 Å². The molecular formula is C21H22BrN3O6. The highest BCUT2D eigenvalue weighted by Gasteiger charge is 2.28. The van der Waals surface area contributed by atoms with Gasteiger partial charge in [0.2, 0.25) is 0 Å². The van der Waals surface area contributed by atoms with Gasteiger partial charge < -0.3 is 19.3 Å². The number of rotatable bonds is 6. The second-order valence-corrected chi connectivity index (χ2v) is 7.72. The summed E-state index contributed by atoms with van der Waals surface area (Å²) in [6.45, 7) is 3.48. The molecule has 0 radical (unpaired) electrons. The van der Waals surface area contributed by atoms with E-state index in [2.05, 4.69) is 15.9 Å². The Labute approximate surface area is 187 Å². The van der Waals surface area contributed by atoms with E-state index < -0.39 is 10.9 Å². The van der Waals surface area contributed by atoms with Crippen LogP contribution < -0.4 is 9.64 Å². The van der Waals surface area contributed by atoms with Crippen molar-refractivity contribution in [3.8, 4) is 5.75 Å². The molecule has 0 spiro atoms. The van der Waals surface area contributed by atoms with E-state index in [1.807, 2.05) is 4.90 Å². The zero-order valence-electron chi connectivity index (χ0n) is 17.2. The van der Waals surface area contributed by atoms with E-state index in [0.29, 0.717) is 43.2 Å². The summed E-state index contributed by atoms with van der Waals surface area (Å²) < 4.78 is 11.0. The predicted molar refractivity (Wildman–Crippen MR) is 118 cm³/mol. The minimum Gasteiger partial charge on any atom is -0.496 e. The zero-order chi connectivity index (χ0) is 22.5. The number of hydrogen-bond acceptors (Lipinski definition) is 7. The highest BCUT2D eigenvalue weighted by atomic mass is 79.9. The number of hydrogen-bond donors (Lipinski definition) is 0. The van der Waals surface area contributed by atoms with Crippen molar-refractivity contribution in [2.75, 3.05) is 44.8 Å². The molecule has 1 amide bonds. The van der Waals surface area contributed by atoms with Gasteiger partial charge in [-0.25, -0.2) is 4.79 Å². The molecule has 0 aromatic heterocycles. The summed E-state index contributed by atoms with van der Waals surface area (Å²) >= 11 is 3.37. The Hall–Kier alpha value is -3.14. The molecule has 0 unspecified atom stereocenters. The maximum Gasteiger partial charge on any atom is 0.338 e. The van der Waals surface area contributed by atoms with Gasteiger partial charge in [0.1, 0.15) is 11.4 Å². The average Bonchev–Trinajstić information content (AvgIpc) is 2.78. The van der Waals surface area contributed by atoms with Crippen LogP contribution in [0.25, 0.3) is 0 Å². The standard InChI is InChI=1S/C21H22BrN3O6/c1-3-31-21(27)14-4-6-17(18(12-14)25(28)29)23-8-10-24(11-9-23)20(26)16-13-15(22)5-7-19(16)30-2/h4-7,12-13H,3,8-11H2,1-2H3. The van der Waals surface area contributed by atoms with Gasteiger partial charge >= 0.3 is 5.97 Å². The van der Waals surface area contributed by atoms with Gasteiger partial charge in [0.05, 0.1) is 29.8 Å². The molecule has 3 rings (SSSR count). The number of anilines is 1. The first-order chi connectivity index (χ1) is 14.8. The van der Waals surface area contributed by atoms with Crippen LogP contribution in [0.4, 0.5) is 11.4 Å². The summed E-state index contributed by atoms with van der Waals surface area (Å²) in [6.07, 6.45) is 0. The van der Waals surface area contributed by atoms with Crippen LogP contribution >= 0.6 is 15.9 Å². The van der Waals surface area contributed by atoms with E-state index >= 15 is 0 Å². The number of amides is 1. The van der Waals surface area contributed by atoms with Gasteiger partial charge in [-0.2, -0.15) is 0 Å². The summed E-state index contributed by atoms with van der Waals surface area (Å²) in [5.41, 5.74) is 0.826. The van der Waals surface area contributed by atoms with Crippen LogP contribution in [0.15, 0.2) is 40.9 Å². The molecule has 0 bridgehead atoms. The van der Waals surface area contributed by atoms with Gasteiger partial charge in [-0.3, -0.25) is 14.9 Å². The smallest absolute Gasteiger partial charge is 0.338 e. The van der Waals surface area contributed by atoms with E-state index in [9.17, 15) is 19.7 Å². The number of piperazine rings is 1. The lowest BCUT2D eigenvalue weighted by Gasteiger charge is -2.36. The van der Waals surface area contributed by atoms with Crippen LogP contribution in [0.2, 0.25) is 0 Å². The van der Waals surface area contributed by atoms with Gasteiger partial charge in [-0.1, -0.05) is 15.9 Å². The molecule has 0 aliphatic carbocycles. The van der Waals surface area contributed by atoms with Crippen LogP contribution in [0, 0.1) is 10.1 Å². The van der Waals surface area contributed by atoms with Crippen LogP contribution in [0.1, 0.15) is 27.6 Å². The molecule has 0 atom stereocenters. The Morgan fingerprint density at radius 3 is 2.45 bits per heavy atom. The molecule has 31 heavy (non-hydrogen) atoms. The molecule has 9 nitrogen and oxygen atoms in total. The first-order valence-electron chi connectivity index (χ1n) is 9.69. The highest BCUT2D eigenvalue weighted by Crippen LogP contribution is 2.31. The minimum absolute atomic E-state index is 0.132. The second-order valence-electron chi connectivity index (χ2n) is 6.80. The minimum atomic E-state index is -0.601. The predicted octanol–water partition coefficient (Wildman–Crippen LogP) is 3.51. The number of benzene rings is 2. The van der Waals surface area contributed by atoms with Crippen LogP contribution in [0.5, 0.6) is 5.75 Å². The molecule has 10 heteroatoms. The molecule has 1 aliphatic heterocycles. The molecule has 1 saturated heterocycles. The van der Waals surface area contributed by atoms with E-state index in [-0.39, 0.29) is 23.8 Å². The van der Waals surface area contributed by atoms with E-state index in [1.165, 1.54) is 19.2 Å². The van der Waals surface area contributed by atoms with Crippen LogP contribution in [-0.4, -0.2) is 61.6 Å². The number of halogens is 1. The Kier molecular flexibility index (Phi) is 7.11. The van der Waals surface area contributed by atoms with Crippen LogP contribution in [0.3, 0.4) is 0 Å². The van der Waals surface area contributed by atoms with Crippen molar-refractivity contribution in [1.82, 2.24) is 4.90 Å². The third kappa shape index (κ3) is 4.96. The molecule has 1 fully saturated rings. The molecule has 164 valence electrons. The van der Waals surface area contributed by atoms with E-state index in [0.717, 1.165) is 4.47 Å². The lowest BCUT2D eigenvalue weighted by atomic mass is 10.1. The average molecular weight is 492 g/mol. The number of nitro benzene ring substituents is 1. The molecule has 0 saturated carbocycles. The molecule has 1 aliphatic rings. The quantitative estimate of drug-likeness (QED) is 0.346. The summed E-state index contributed by atoms with van der Waals surface area (Å²) in [5.74, 6) is -0.277. The molecular weight excluding hydrogens is 470 g/mol. The Balaban J connectivity index is 1.76. The first kappa shape index (κ1) is 22.5. The van der Waals surface area contributed by atoms with Gasteiger partial charge in [0.15, 0.2) is 0 Å². The maximum atomic E-state index is 13.0. The summed E-state index contributed by atoms with van der Waals surface area (Å²) in [7, 11) is 1.51. The Bertz CT molecular complexity index is 1000. The zero-order valence-corrected chi connectivity index (χ0v) is 18.8. The molecule has 0 N–H and O–H groups in total. The normalized spacial score (nSPS) is 13.6. The maximum absolute atomic E-state index is 13.0. The Morgan fingerprint density at radius 1 is 1.13 bits per heavy atom. The number of ether oxygens (including phenoxy) is 2. The third-order valence-electron chi connectivity index (χ3n) is 4.98. The Morgan fingerprint density at radius 2 is 1.84 bits per heavy atom. The van der Waals surface area contributed by atoms with E-state index in [4.69, 9.17) is 9.47 Å². The van der Waals surface area contributed by atoms with Crippen LogP contribution in [-0.2, 0) is 4.74 Å². The number of carbonyl (C=O) groups excluding carboxylic acids is 2. The molecule has 2 aromatic carbocycles. The van der Waals surface area contributed by atoms with Gasteiger partial charge in [0.25, 0.3) is 11.6 Å². The van der Waals surface area contributed by atoms with E-state index in [1.54, 1.807) is 36.1 Å². The second kappa shape index (κ2) is 9.78. The monoisotopic (exact) mass is 491 g/mol. The number of carbonyl (C=O) groups is 2. The summed E-state index contributed by atoms with van der Waals surface area (Å²) in [4.78, 5) is 39.5. The summed E-state index contributed by atoms with van der Waals surface area (Å²) in [5, 5.41) is 11.6. The van der Waals surface area contributed by atoms with Crippen molar-refractivity contribution < 1.29 is 24.0 Å². The van der Waals surface area contributed by atoms with Gasteiger partial charge in [-0.05, 0) is 37.3 Å². The molecule has 1 heterocycles. The summed E-state index contributed by atoms with van der Waals surface area (Å²) in [6, 6.07) is 9.54. The van der Waals surface area contributed by atoms with Crippen molar-refractivity contribution in [2.45, 2.75) is 6.92 Å². The SMILES string of the molecule is CCOC(=O)c1ccc(N2CCN(C(=O)c3cc(Br)ccc3OC)CC2)c([N+](=O)[O-])c1. The number of nitro groups is 1. The van der Waals surface area contributed by atoms with Crippen molar-refractivity contribution in [3.05, 3.63) is 62.1 Å². The van der Waals surface area contributed by atoms with Gasteiger partial charge in [-0.15, -0.1) is 0 Å². The van der Waals surface area contributed by atoms with Crippen molar-refractivity contribution >= 4 is 39.2 Å². The lowest BCUT2D eigenvalue weighted by molar-refractivity contribution is -0.384. The molecule has 2 aromatic rings.